The number of ether oxygens (including phenoxy) is 2. The van der Waals surface area contributed by atoms with Crippen LogP contribution in [0.25, 0.3) is 0 Å². The first-order chi connectivity index (χ1) is 12.3. The molecule has 2 aromatic rings. The summed E-state index contributed by atoms with van der Waals surface area (Å²) < 4.78 is 24.2. The normalized spacial score (nSPS) is 10.7. The zero-order valence-electron chi connectivity index (χ0n) is 14.6. The zero-order valence-corrected chi connectivity index (χ0v) is 16.1. The van der Waals surface area contributed by atoms with Crippen molar-refractivity contribution in [2.75, 3.05) is 33.1 Å². The molecule has 0 heterocycles. The molecule has 1 amide bonds. The second kappa shape index (κ2) is 9.07. The summed E-state index contributed by atoms with van der Waals surface area (Å²) in [4.78, 5) is 14.0. The molecule has 0 atom stereocenters. The van der Waals surface area contributed by atoms with Gasteiger partial charge in [0.2, 0.25) is 5.91 Å². The average Bonchev–Trinajstić information content (AvgIpc) is 2.59. The first-order valence-corrected chi connectivity index (χ1v) is 8.44. The monoisotopic (exact) mass is 400 g/mol. The topological polar surface area (TPSA) is 50.8 Å². The van der Waals surface area contributed by atoms with E-state index in [1.807, 2.05) is 0 Å². The number of carbonyl (C=O) groups is 1. The van der Waals surface area contributed by atoms with Crippen LogP contribution in [-0.2, 0) is 11.3 Å². The Hall–Kier alpha value is -2.02. The molecule has 0 spiro atoms. The Kier molecular flexibility index (Phi) is 7.08. The number of hydrogen-bond donors (Lipinski definition) is 1. The Labute approximate surface area is 161 Å². The van der Waals surface area contributed by atoms with E-state index in [1.165, 1.54) is 26.4 Å². The number of halogens is 3. The molecule has 0 aliphatic heterocycles. The molecule has 0 saturated heterocycles. The van der Waals surface area contributed by atoms with Crippen LogP contribution in [-0.4, -0.2) is 38.6 Å². The van der Waals surface area contributed by atoms with Gasteiger partial charge >= 0.3 is 0 Å². The third kappa shape index (κ3) is 5.00. The summed E-state index contributed by atoms with van der Waals surface area (Å²) in [5.41, 5.74) is 0.770. The van der Waals surface area contributed by atoms with Crippen molar-refractivity contribution in [3.05, 3.63) is 51.8 Å². The van der Waals surface area contributed by atoms with Crippen LogP contribution in [0.15, 0.2) is 30.3 Å². The van der Waals surface area contributed by atoms with Crippen molar-refractivity contribution < 1.29 is 18.7 Å². The SMILES string of the molecule is COc1cc(NC(=O)CN(C)Cc2c(F)cccc2Cl)c(OC)cc1Cl. The van der Waals surface area contributed by atoms with Crippen LogP contribution >= 0.6 is 23.2 Å². The van der Waals surface area contributed by atoms with E-state index in [4.69, 9.17) is 32.7 Å². The van der Waals surface area contributed by atoms with Gasteiger partial charge in [0.1, 0.15) is 17.3 Å². The number of rotatable bonds is 7. The van der Waals surface area contributed by atoms with Crippen LogP contribution in [0, 0.1) is 5.82 Å². The van der Waals surface area contributed by atoms with Crippen LogP contribution in [0.2, 0.25) is 10.0 Å². The Morgan fingerprint density at radius 1 is 1.15 bits per heavy atom. The van der Waals surface area contributed by atoms with Gasteiger partial charge in [0.15, 0.2) is 0 Å². The van der Waals surface area contributed by atoms with E-state index < -0.39 is 5.82 Å². The molecule has 26 heavy (non-hydrogen) atoms. The van der Waals surface area contributed by atoms with Gasteiger partial charge in [0, 0.05) is 29.3 Å². The van der Waals surface area contributed by atoms with Crippen molar-refractivity contribution in [1.29, 1.82) is 0 Å². The summed E-state index contributed by atoms with van der Waals surface area (Å²) >= 11 is 12.1. The minimum Gasteiger partial charge on any atom is -0.495 e. The number of hydrogen-bond acceptors (Lipinski definition) is 4. The van der Waals surface area contributed by atoms with Crippen LogP contribution in [0.1, 0.15) is 5.56 Å². The van der Waals surface area contributed by atoms with Gasteiger partial charge in [-0.15, -0.1) is 0 Å². The third-order valence-corrected chi connectivity index (χ3v) is 4.30. The van der Waals surface area contributed by atoms with Crippen molar-refractivity contribution in [3.8, 4) is 11.5 Å². The standard InChI is InChI=1S/C18H19Cl2FN2O3/c1-23(9-11-12(19)5-4-6-14(11)21)10-18(24)22-15-8-16(25-2)13(20)7-17(15)26-3/h4-8H,9-10H2,1-3H3,(H,22,24). The molecule has 0 unspecified atom stereocenters. The molecule has 8 heteroatoms. The molecule has 0 bridgehead atoms. The minimum atomic E-state index is -0.408. The fourth-order valence-corrected chi connectivity index (χ4v) is 2.86. The Morgan fingerprint density at radius 3 is 2.46 bits per heavy atom. The Bertz CT molecular complexity index is 782. The summed E-state index contributed by atoms with van der Waals surface area (Å²) in [5.74, 6) is 0.106. The molecule has 0 fully saturated rings. The van der Waals surface area contributed by atoms with Gasteiger partial charge in [-0.3, -0.25) is 9.69 Å². The Balaban J connectivity index is 2.06. The zero-order chi connectivity index (χ0) is 19.3. The smallest absolute Gasteiger partial charge is 0.238 e. The highest BCUT2D eigenvalue weighted by Gasteiger charge is 2.15. The quantitative estimate of drug-likeness (QED) is 0.755. The van der Waals surface area contributed by atoms with Crippen molar-refractivity contribution in [2.45, 2.75) is 6.54 Å². The number of nitrogens with one attached hydrogen (secondary N) is 1. The number of benzene rings is 2. The first kappa shape index (κ1) is 20.3. The Morgan fingerprint density at radius 2 is 1.85 bits per heavy atom. The highest BCUT2D eigenvalue weighted by atomic mass is 35.5. The lowest BCUT2D eigenvalue weighted by Gasteiger charge is -2.18. The molecule has 0 aromatic heterocycles. The van der Waals surface area contributed by atoms with Crippen LogP contribution < -0.4 is 14.8 Å². The molecule has 0 radical (unpaired) electrons. The fourth-order valence-electron chi connectivity index (χ4n) is 2.40. The predicted octanol–water partition coefficient (Wildman–Crippen LogP) is 4.22. The molecule has 140 valence electrons. The molecule has 0 saturated carbocycles. The first-order valence-electron chi connectivity index (χ1n) is 7.68. The third-order valence-electron chi connectivity index (χ3n) is 3.65. The van der Waals surface area contributed by atoms with Crippen molar-refractivity contribution >= 4 is 34.8 Å². The van der Waals surface area contributed by atoms with E-state index in [0.29, 0.717) is 32.8 Å². The van der Waals surface area contributed by atoms with Crippen LogP contribution in [0.4, 0.5) is 10.1 Å². The maximum Gasteiger partial charge on any atom is 0.238 e. The molecule has 0 aliphatic rings. The second-order valence-electron chi connectivity index (χ2n) is 5.61. The van der Waals surface area contributed by atoms with E-state index in [9.17, 15) is 9.18 Å². The highest BCUT2D eigenvalue weighted by Crippen LogP contribution is 2.35. The maximum atomic E-state index is 13.9. The summed E-state index contributed by atoms with van der Waals surface area (Å²) in [7, 11) is 4.65. The van der Waals surface area contributed by atoms with E-state index in [1.54, 1.807) is 30.1 Å². The van der Waals surface area contributed by atoms with E-state index >= 15 is 0 Å². The lowest BCUT2D eigenvalue weighted by Crippen LogP contribution is -2.30. The van der Waals surface area contributed by atoms with E-state index in [-0.39, 0.29) is 19.0 Å². The number of carbonyl (C=O) groups excluding carboxylic acids is 1. The van der Waals surface area contributed by atoms with Gasteiger partial charge in [-0.1, -0.05) is 29.3 Å². The van der Waals surface area contributed by atoms with Crippen molar-refractivity contribution in [3.63, 3.8) is 0 Å². The molecule has 5 nitrogen and oxygen atoms in total. The highest BCUT2D eigenvalue weighted by molar-refractivity contribution is 6.32. The van der Waals surface area contributed by atoms with Gasteiger partial charge < -0.3 is 14.8 Å². The van der Waals surface area contributed by atoms with E-state index in [0.717, 1.165) is 0 Å². The van der Waals surface area contributed by atoms with Crippen molar-refractivity contribution in [1.82, 2.24) is 4.90 Å². The number of methoxy groups -OCH3 is 2. The van der Waals surface area contributed by atoms with E-state index in [2.05, 4.69) is 5.32 Å². The molecule has 2 rings (SSSR count). The lowest BCUT2D eigenvalue weighted by molar-refractivity contribution is -0.117. The molecule has 0 aliphatic carbocycles. The molecule has 1 N–H and O–H groups in total. The average molecular weight is 401 g/mol. The second-order valence-corrected chi connectivity index (χ2v) is 6.42. The molecular formula is C18H19Cl2FN2O3. The number of amides is 1. The fraction of sp³-hybridized carbons (Fsp3) is 0.278. The minimum absolute atomic E-state index is 0.0265. The summed E-state index contributed by atoms with van der Waals surface area (Å²) in [6.07, 6.45) is 0. The van der Waals surface area contributed by atoms with Crippen molar-refractivity contribution in [2.24, 2.45) is 0 Å². The van der Waals surface area contributed by atoms with Crippen LogP contribution in [0.5, 0.6) is 11.5 Å². The summed E-state index contributed by atoms with van der Waals surface area (Å²) in [5, 5.41) is 3.43. The van der Waals surface area contributed by atoms with Gasteiger partial charge in [-0.25, -0.2) is 4.39 Å². The summed E-state index contributed by atoms with van der Waals surface area (Å²) in [6.45, 7) is 0.221. The van der Waals surface area contributed by atoms with Gasteiger partial charge in [0.05, 0.1) is 31.5 Å². The van der Waals surface area contributed by atoms with Crippen LogP contribution in [0.3, 0.4) is 0 Å². The van der Waals surface area contributed by atoms with Gasteiger partial charge in [0.25, 0.3) is 0 Å². The largest absolute Gasteiger partial charge is 0.495 e. The van der Waals surface area contributed by atoms with Gasteiger partial charge in [-0.05, 0) is 19.2 Å². The molecule has 2 aromatic carbocycles. The number of likely N-dealkylation sites (N-methyl/N-ethyl adjacent to an activating group) is 1. The predicted molar refractivity (Wildman–Crippen MR) is 101 cm³/mol. The number of nitrogens with zero attached hydrogens (tertiary/aromatic N) is 1. The lowest BCUT2D eigenvalue weighted by atomic mass is 10.2. The van der Waals surface area contributed by atoms with Gasteiger partial charge in [-0.2, -0.15) is 0 Å². The number of anilines is 1. The molecular weight excluding hydrogens is 382 g/mol. The summed E-state index contributed by atoms with van der Waals surface area (Å²) in [6, 6.07) is 7.61. The maximum absolute atomic E-state index is 13.9.